The Morgan fingerprint density at radius 3 is 2.62 bits per heavy atom. The number of hydrogen-bond acceptors (Lipinski definition) is 5. The highest BCUT2D eigenvalue weighted by molar-refractivity contribution is 7.17. The lowest BCUT2D eigenvalue weighted by molar-refractivity contribution is 0.0914. The number of aromatic nitrogens is 2. The van der Waals surface area contributed by atoms with Gasteiger partial charge in [-0.1, -0.05) is 23.2 Å². The van der Waals surface area contributed by atoms with Gasteiger partial charge in [-0.2, -0.15) is 0 Å². The third-order valence-electron chi connectivity index (χ3n) is 3.99. The van der Waals surface area contributed by atoms with Crippen molar-refractivity contribution in [1.82, 2.24) is 14.7 Å². The van der Waals surface area contributed by atoms with Crippen LogP contribution in [0.25, 0.3) is 4.96 Å². The van der Waals surface area contributed by atoms with Gasteiger partial charge in [0.05, 0.1) is 6.10 Å². The van der Waals surface area contributed by atoms with Crippen molar-refractivity contribution in [2.45, 2.75) is 20.0 Å². The summed E-state index contributed by atoms with van der Waals surface area (Å²) in [6, 6.07) is 4.67. The minimum atomic E-state index is -1.01. The van der Waals surface area contributed by atoms with Crippen LogP contribution in [0.1, 0.15) is 32.6 Å². The lowest BCUT2D eigenvalue weighted by Gasteiger charge is -2.13. The molecule has 0 aliphatic rings. The minimum absolute atomic E-state index is 0.0836. The second-order valence-corrected chi connectivity index (χ2v) is 7.82. The Morgan fingerprint density at radius 2 is 1.96 bits per heavy atom. The molecule has 0 bridgehead atoms. The van der Waals surface area contributed by atoms with Crippen molar-refractivity contribution in [2.75, 3.05) is 6.54 Å². The summed E-state index contributed by atoms with van der Waals surface area (Å²) >= 11 is 13.2. The molecule has 0 saturated heterocycles. The number of carbonyl (C=O) groups is 1. The van der Waals surface area contributed by atoms with E-state index < -0.39 is 17.6 Å². The monoisotopic (exact) mass is 411 g/mol. The van der Waals surface area contributed by atoms with Crippen LogP contribution in [0.3, 0.4) is 0 Å². The molecule has 0 saturated carbocycles. The first-order chi connectivity index (χ1) is 12.3. The highest BCUT2D eigenvalue weighted by Crippen LogP contribution is 2.23. The molecule has 2 heterocycles. The third-order valence-corrected chi connectivity index (χ3v) is 5.50. The van der Waals surface area contributed by atoms with Crippen molar-refractivity contribution in [2.24, 2.45) is 0 Å². The summed E-state index contributed by atoms with van der Waals surface area (Å²) in [4.78, 5) is 30.6. The highest BCUT2D eigenvalue weighted by atomic mass is 35.5. The molecule has 2 N–H and O–H groups in total. The van der Waals surface area contributed by atoms with E-state index in [0.717, 1.165) is 10.6 Å². The number of amides is 1. The van der Waals surface area contributed by atoms with Crippen LogP contribution >= 0.6 is 34.5 Å². The maximum Gasteiger partial charge on any atom is 0.271 e. The lowest BCUT2D eigenvalue weighted by atomic mass is 10.1. The Bertz CT molecular complexity index is 1040. The number of benzene rings is 1. The first-order valence-corrected chi connectivity index (χ1v) is 9.25. The zero-order valence-electron chi connectivity index (χ0n) is 13.9. The van der Waals surface area contributed by atoms with Gasteiger partial charge in [-0.3, -0.25) is 14.0 Å². The molecule has 1 amide bonds. The molecule has 0 radical (unpaired) electrons. The molecular weight excluding hydrogens is 397 g/mol. The van der Waals surface area contributed by atoms with E-state index in [9.17, 15) is 14.7 Å². The van der Waals surface area contributed by atoms with Gasteiger partial charge in [0, 0.05) is 33.4 Å². The number of aliphatic hydroxyl groups excluding tert-OH is 1. The number of thiazole rings is 1. The average molecular weight is 412 g/mol. The van der Waals surface area contributed by atoms with Gasteiger partial charge < -0.3 is 10.4 Å². The summed E-state index contributed by atoms with van der Waals surface area (Å²) in [6.07, 6.45) is 0.241. The van der Waals surface area contributed by atoms with Gasteiger partial charge >= 0.3 is 0 Å². The second kappa shape index (κ2) is 7.36. The molecule has 26 heavy (non-hydrogen) atoms. The number of halogens is 2. The molecule has 1 atom stereocenters. The standard InChI is InChI=1S/C17H15Cl2N3O3S/c1-8-9(2)26-17-21-6-13(16(25)22(8)17)15(24)20-7-14(23)10-3-11(18)5-12(19)4-10/h3-6,14,23H,7H2,1-2H3,(H,20,24). The molecule has 1 unspecified atom stereocenters. The Labute approximate surface area is 163 Å². The fourth-order valence-corrected chi connectivity index (χ4v) is 3.97. The first kappa shape index (κ1) is 18.8. The molecule has 9 heteroatoms. The molecule has 2 aromatic heterocycles. The summed E-state index contributed by atoms with van der Waals surface area (Å²) in [5.41, 5.74) is 0.706. The highest BCUT2D eigenvalue weighted by Gasteiger charge is 2.18. The van der Waals surface area contributed by atoms with Gasteiger partial charge in [-0.05, 0) is 37.6 Å². The molecular formula is C17H15Cl2N3O3S. The molecule has 6 nitrogen and oxygen atoms in total. The topological polar surface area (TPSA) is 83.7 Å². The van der Waals surface area contributed by atoms with Crippen molar-refractivity contribution >= 4 is 45.4 Å². The van der Waals surface area contributed by atoms with Crippen LogP contribution in [0.4, 0.5) is 0 Å². The van der Waals surface area contributed by atoms with Gasteiger partial charge in [0.25, 0.3) is 11.5 Å². The molecule has 3 aromatic rings. The van der Waals surface area contributed by atoms with Crippen molar-refractivity contribution < 1.29 is 9.90 Å². The van der Waals surface area contributed by atoms with Crippen molar-refractivity contribution in [3.8, 4) is 0 Å². The van der Waals surface area contributed by atoms with Crippen LogP contribution < -0.4 is 10.9 Å². The number of aryl methyl sites for hydroxylation is 2. The first-order valence-electron chi connectivity index (χ1n) is 7.68. The fourth-order valence-electron chi connectivity index (χ4n) is 2.50. The van der Waals surface area contributed by atoms with Crippen LogP contribution in [-0.2, 0) is 0 Å². The van der Waals surface area contributed by atoms with Crippen LogP contribution in [0.2, 0.25) is 10.0 Å². The number of nitrogens with zero attached hydrogens (tertiary/aromatic N) is 2. The smallest absolute Gasteiger partial charge is 0.271 e. The van der Waals surface area contributed by atoms with Gasteiger partial charge in [-0.25, -0.2) is 4.98 Å². The van der Waals surface area contributed by atoms with E-state index in [1.807, 2.05) is 6.92 Å². The SMILES string of the molecule is Cc1sc2ncc(C(=O)NCC(O)c3cc(Cl)cc(Cl)c3)c(=O)n2c1C. The van der Waals surface area contributed by atoms with E-state index in [4.69, 9.17) is 23.2 Å². The van der Waals surface area contributed by atoms with E-state index in [-0.39, 0.29) is 12.1 Å². The van der Waals surface area contributed by atoms with E-state index >= 15 is 0 Å². The quantitative estimate of drug-likeness (QED) is 0.690. The zero-order valence-corrected chi connectivity index (χ0v) is 16.2. The van der Waals surface area contributed by atoms with Gasteiger partial charge in [-0.15, -0.1) is 11.3 Å². The number of nitrogens with one attached hydrogen (secondary N) is 1. The molecule has 0 fully saturated rings. The van der Waals surface area contributed by atoms with E-state index in [1.165, 1.54) is 21.9 Å². The Balaban J connectivity index is 1.80. The summed E-state index contributed by atoms with van der Waals surface area (Å²) in [7, 11) is 0. The van der Waals surface area contributed by atoms with Crippen LogP contribution in [-0.4, -0.2) is 26.9 Å². The summed E-state index contributed by atoms with van der Waals surface area (Å²) in [5.74, 6) is -0.604. The molecule has 1 aromatic carbocycles. The van der Waals surface area contributed by atoms with Crippen LogP contribution in [0, 0.1) is 13.8 Å². The van der Waals surface area contributed by atoms with E-state index in [2.05, 4.69) is 10.3 Å². The Hall–Kier alpha value is -1.93. The van der Waals surface area contributed by atoms with Crippen molar-refractivity contribution in [1.29, 1.82) is 0 Å². The average Bonchev–Trinajstić information content (AvgIpc) is 2.87. The number of fused-ring (bicyclic) bond motifs is 1. The van der Waals surface area contributed by atoms with Gasteiger partial charge in [0.2, 0.25) is 0 Å². The molecule has 0 aliphatic heterocycles. The number of aliphatic hydroxyl groups is 1. The summed E-state index contributed by atoms with van der Waals surface area (Å²) in [5, 5.41) is 13.5. The number of hydrogen-bond donors (Lipinski definition) is 2. The number of rotatable bonds is 4. The van der Waals surface area contributed by atoms with Crippen LogP contribution in [0.15, 0.2) is 29.2 Å². The maximum absolute atomic E-state index is 12.6. The van der Waals surface area contributed by atoms with E-state index in [0.29, 0.717) is 20.6 Å². The fraction of sp³-hybridized carbons (Fsp3) is 0.235. The van der Waals surface area contributed by atoms with Crippen molar-refractivity contribution in [3.63, 3.8) is 0 Å². The zero-order chi connectivity index (χ0) is 19.0. The van der Waals surface area contributed by atoms with Gasteiger partial charge in [0.1, 0.15) is 5.56 Å². The molecule has 3 rings (SSSR count). The van der Waals surface area contributed by atoms with E-state index in [1.54, 1.807) is 25.1 Å². The summed E-state index contributed by atoms with van der Waals surface area (Å²) < 4.78 is 1.42. The Morgan fingerprint density at radius 1 is 1.31 bits per heavy atom. The lowest BCUT2D eigenvalue weighted by Crippen LogP contribution is -2.34. The maximum atomic E-state index is 12.6. The molecule has 0 spiro atoms. The largest absolute Gasteiger partial charge is 0.387 e. The molecule has 0 aliphatic carbocycles. The predicted molar refractivity (Wildman–Crippen MR) is 103 cm³/mol. The minimum Gasteiger partial charge on any atom is -0.387 e. The third kappa shape index (κ3) is 3.61. The second-order valence-electron chi connectivity index (χ2n) is 5.77. The number of carbonyl (C=O) groups excluding carboxylic acids is 1. The van der Waals surface area contributed by atoms with Crippen molar-refractivity contribution in [3.05, 3.63) is 66.5 Å². The predicted octanol–water partition coefficient (Wildman–Crippen LogP) is 3.14. The summed E-state index contributed by atoms with van der Waals surface area (Å²) in [6.45, 7) is 3.59. The van der Waals surface area contributed by atoms with Gasteiger partial charge in [0.15, 0.2) is 4.96 Å². The molecule has 136 valence electrons. The Kier molecular flexibility index (Phi) is 5.34. The normalized spacial score (nSPS) is 12.3. The van der Waals surface area contributed by atoms with Crippen LogP contribution in [0.5, 0.6) is 0 Å².